The average Bonchev–Trinajstić information content (AvgIpc) is 2.89. The monoisotopic (exact) mass is 378 g/mol. The SMILES string of the molecule is CCCCN1CCC(N2c3ccccc3CCc3ccccc32)C(C(=O)O)C1. The van der Waals surface area contributed by atoms with Crippen LogP contribution in [0.15, 0.2) is 48.5 Å². The van der Waals surface area contributed by atoms with Gasteiger partial charge in [0.2, 0.25) is 0 Å². The van der Waals surface area contributed by atoms with E-state index in [2.05, 4.69) is 65.3 Å². The number of anilines is 2. The van der Waals surface area contributed by atoms with Gasteiger partial charge in [-0.3, -0.25) is 4.79 Å². The van der Waals surface area contributed by atoms with Crippen LogP contribution in [0.3, 0.4) is 0 Å². The fourth-order valence-electron chi connectivity index (χ4n) is 4.81. The highest BCUT2D eigenvalue weighted by atomic mass is 16.4. The van der Waals surface area contributed by atoms with Gasteiger partial charge in [-0.05, 0) is 55.5 Å². The topological polar surface area (TPSA) is 43.8 Å². The van der Waals surface area contributed by atoms with E-state index in [1.165, 1.54) is 22.5 Å². The van der Waals surface area contributed by atoms with Crippen molar-refractivity contribution in [1.29, 1.82) is 0 Å². The fraction of sp³-hybridized carbons (Fsp3) is 0.458. The third kappa shape index (κ3) is 3.66. The van der Waals surface area contributed by atoms with Crippen LogP contribution in [0.1, 0.15) is 37.3 Å². The lowest BCUT2D eigenvalue weighted by atomic mass is 9.89. The number of rotatable bonds is 5. The minimum atomic E-state index is -0.676. The van der Waals surface area contributed by atoms with Gasteiger partial charge in [-0.25, -0.2) is 0 Å². The number of carboxylic acid groups (broad SMARTS) is 1. The first-order chi connectivity index (χ1) is 13.7. The number of aryl methyl sites for hydroxylation is 2. The van der Waals surface area contributed by atoms with E-state index in [9.17, 15) is 9.90 Å². The molecule has 0 amide bonds. The molecule has 2 aromatic rings. The molecule has 1 fully saturated rings. The zero-order chi connectivity index (χ0) is 19.5. The van der Waals surface area contributed by atoms with Crippen molar-refractivity contribution in [3.63, 3.8) is 0 Å². The fourth-order valence-corrected chi connectivity index (χ4v) is 4.81. The molecule has 0 bridgehead atoms. The van der Waals surface area contributed by atoms with Crippen LogP contribution in [0.4, 0.5) is 11.4 Å². The lowest BCUT2D eigenvalue weighted by Gasteiger charge is -2.44. The summed E-state index contributed by atoms with van der Waals surface area (Å²) in [5.74, 6) is -1.06. The molecule has 2 aliphatic rings. The smallest absolute Gasteiger partial charge is 0.309 e. The zero-order valence-corrected chi connectivity index (χ0v) is 16.7. The summed E-state index contributed by atoms with van der Waals surface area (Å²) in [6.07, 6.45) is 5.15. The van der Waals surface area contributed by atoms with Gasteiger partial charge < -0.3 is 14.9 Å². The predicted molar refractivity (Wildman–Crippen MR) is 113 cm³/mol. The van der Waals surface area contributed by atoms with Gasteiger partial charge in [-0.15, -0.1) is 0 Å². The molecule has 28 heavy (non-hydrogen) atoms. The molecule has 0 aliphatic carbocycles. The number of carboxylic acids is 1. The Morgan fingerprint density at radius 3 is 2.21 bits per heavy atom. The van der Waals surface area contributed by atoms with Crippen molar-refractivity contribution in [2.45, 2.75) is 45.1 Å². The van der Waals surface area contributed by atoms with Crippen molar-refractivity contribution in [1.82, 2.24) is 4.90 Å². The third-order valence-corrected chi connectivity index (χ3v) is 6.30. The van der Waals surface area contributed by atoms with Crippen molar-refractivity contribution in [3.8, 4) is 0 Å². The van der Waals surface area contributed by atoms with Gasteiger partial charge in [-0.1, -0.05) is 49.7 Å². The van der Waals surface area contributed by atoms with Gasteiger partial charge in [0.25, 0.3) is 0 Å². The van der Waals surface area contributed by atoms with E-state index in [0.717, 1.165) is 45.2 Å². The van der Waals surface area contributed by atoms with E-state index >= 15 is 0 Å². The standard InChI is InChI=1S/C24H30N2O2/c1-2-3-15-25-16-14-23(20(17-25)24(27)28)26-21-10-6-4-8-18(21)12-13-19-9-5-7-11-22(19)26/h4-11,20,23H,2-3,12-17H2,1H3,(H,27,28). The largest absolute Gasteiger partial charge is 0.481 e. The van der Waals surface area contributed by atoms with Crippen LogP contribution in [-0.2, 0) is 17.6 Å². The van der Waals surface area contributed by atoms with E-state index in [1.54, 1.807) is 0 Å². The van der Waals surface area contributed by atoms with Gasteiger partial charge >= 0.3 is 5.97 Å². The number of nitrogens with zero attached hydrogens (tertiary/aromatic N) is 2. The van der Waals surface area contributed by atoms with E-state index in [4.69, 9.17) is 0 Å². The van der Waals surface area contributed by atoms with Crippen molar-refractivity contribution in [2.75, 3.05) is 24.5 Å². The molecule has 2 aromatic carbocycles. The number of hydrogen-bond acceptors (Lipinski definition) is 3. The molecular weight excluding hydrogens is 348 g/mol. The van der Waals surface area contributed by atoms with Crippen LogP contribution in [0.2, 0.25) is 0 Å². The molecule has 2 aliphatic heterocycles. The lowest BCUT2D eigenvalue weighted by molar-refractivity contribution is -0.144. The van der Waals surface area contributed by atoms with Crippen LogP contribution in [0.5, 0.6) is 0 Å². The molecule has 2 atom stereocenters. The summed E-state index contributed by atoms with van der Waals surface area (Å²) in [6.45, 7) is 4.79. The Bertz CT molecular complexity index is 787. The maximum Gasteiger partial charge on any atom is 0.309 e. The second kappa shape index (κ2) is 8.36. The van der Waals surface area contributed by atoms with E-state index in [1.807, 2.05) is 0 Å². The minimum Gasteiger partial charge on any atom is -0.481 e. The summed E-state index contributed by atoms with van der Waals surface area (Å²) >= 11 is 0. The Balaban J connectivity index is 1.73. The Kier molecular flexibility index (Phi) is 5.67. The quantitative estimate of drug-likeness (QED) is 0.832. The molecule has 4 nitrogen and oxygen atoms in total. The lowest BCUT2D eigenvalue weighted by Crippen LogP contribution is -2.53. The summed E-state index contributed by atoms with van der Waals surface area (Å²) in [6, 6.07) is 17.0. The van der Waals surface area contributed by atoms with Gasteiger partial charge in [0.05, 0.1) is 5.92 Å². The maximum atomic E-state index is 12.3. The van der Waals surface area contributed by atoms with Gasteiger partial charge in [0.1, 0.15) is 0 Å². The van der Waals surface area contributed by atoms with Gasteiger partial charge in [0.15, 0.2) is 0 Å². The number of para-hydroxylation sites is 2. The van der Waals surface area contributed by atoms with Crippen LogP contribution in [0, 0.1) is 5.92 Å². The van der Waals surface area contributed by atoms with Crippen molar-refractivity contribution < 1.29 is 9.90 Å². The Labute approximate surface area is 167 Å². The molecule has 2 heterocycles. The second-order valence-corrected chi connectivity index (χ2v) is 8.08. The summed E-state index contributed by atoms with van der Waals surface area (Å²) in [5.41, 5.74) is 5.00. The highest BCUT2D eigenvalue weighted by Gasteiger charge is 2.40. The minimum absolute atomic E-state index is 0.0178. The highest BCUT2D eigenvalue weighted by molar-refractivity contribution is 5.77. The molecule has 4 heteroatoms. The summed E-state index contributed by atoms with van der Waals surface area (Å²) in [5, 5.41) is 10.1. The van der Waals surface area contributed by atoms with Crippen LogP contribution in [-0.4, -0.2) is 41.7 Å². The van der Waals surface area contributed by atoms with Crippen molar-refractivity contribution in [2.24, 2.45) is 5.92 Å². The second-order valence-electron chi connectivity index (χ2n) is 8.08. The first-order valence-corrected chi connectivity index (χ1v) is 10.6. The molecular formula is C24H30N2O2. The number of benzene rings is 2. The third-order valence-electron chi connectivity index (χ3n) is 6.30. The Morgan fingerprint density at radius 1 is 1.04 bits per heavy atom. The summed E-state index contributed by atoms with van der Waals surface area (Å²) in [7, 11) is 0. The Morgan fingerprint density at radius 2 is 1.64 bits per heavy atom. The summed E-state index contributed by atoms with van der Waals surface area (Å²) < 4.78 is 0. The van der Waals surface area contributed by atoms with Crippen molar-refractivity contribution >= 4 is 17.3 Å². The zero-order valence-electron chi connectivity index (χ0n) is 16.7. The molecule has 4 rings (SSSR count). The molecule has 148 valence electrons. The maximum absolute atomic E-state index is 12.3. The van der Waals surface area contributed by atoms with Crippen LogP contribution in [0.25, 0.3) is 0 Å². The van der Waals surface area contributed by atoms with Gasteiger partial charge in [0, 0.05) is 30.5 Å². The van der Waals surface area contributed by atoms with Crippen molar-refractivity contribution in [3.05, 3.63) is 59.7 Å². The first kappa shape index (κ1) is 19.0. The first-order valence-electron chi connectivity index (χ1n) is 10.6. The number of fused-ring (bicyclic) bond motifs is 2. The number of likely N-dealkylation sites (tertiary alicyclic amines) is 1. The van der Waals surface area contributed by atoms with E-state index in [0.29, 0.717) is 6.54 Å². The molecule has 0 spiro atoms. The molecule has 0 radical (unpaired) electrons. The normalized spacial score (nSPS) is 22.2. The molecule has 0 aromatic heterocycles. The summed E-state index contributed by atoms with van der Waals surface area (Å²) in [4.78, 5) is 17.0. The molecule has 2 unspecified atom stereocenters. The van der Waals surface area contributed by atoms with E-state index in [-0.39, 0.29) is 12.0 Å². The number of aliphatic carboxylic acids is 1. The van der Waals surface area contributed by atoms with E-state index < -0.39 is 5.97 Å². The average molecular weight is 379 g/mol. The molecule has 0 saturated carbocycles. The molecule has 1 saturated heterocycles. The number of piperidine rings is 1. The highest BCUT2D eigenvalue weighted by Crippen LogP contribution is 2.41. The number of unbranched alkanes of at least 4 members (excludes halogenated alkanes) is 1. The molecule has 1 N–H and O–H groups in total. The van der Waals surface area contributed by atoms with Gasteiger partial charge in [-0.2, -0.15) is 0 Å². The van der Waals surface area contributed by atoms with Crippen LogP contribution < -0.4 is 4.90 Å². The predicted octanol–water partition coefficient (Wildman–Crippen LogP) is 4.50. The number of carbonyl (C=O) groups is 1. The Hall–Kier alpha value is -2.33. The number of hydrogen-bond donors (Lipinski definition) is 1. The van der Waals surface area contributed by atoms with Crippen LogP contribution >= 0.6 is 0 Å².